The van der Waals surface area contributed by atoms with Gasteiger partial charge in [0.25, 0.3) is 12.1 Å². The van der Waals surface area contributed by atoms with Crippen LogP contribution in [0.15, 0.2) is 30.1 Å². The molecule has 0 fully saturated rings. The normalized spacial score (nSPS) is 14.1. The monoisotopic (exact) mass is 343 g/mol. The van der Waals surface area contributed by atoms with E-state index in [0.717, 1.165) is 6.33 Å². The zero-order valence-electron chi connectivity index (χ0n) is 10.5. The fourth-order valence-electron chi connectivity index (χ4n) is 1.34. The highest BCUT2D eigenvalue weighted by atomic mass is 32.2. The van der Waals surface area contributed by atoms with E-state index in [9.17, 15) is 26.3 Å². The van der Waals surface area contributed by atoms with Gasteiger partial charge >= 0.3 is 6.18 Å². The molecule has 0 N–H and O–H groups in total. The lowest BCUT2D eigenvalue weighted by Crippen LogP contribution is -2.43. The summed E-state index contributed by atoms with van der Waals surface area (Å²) in [6, 6.07) is 1.22. The first-order chi connectivity index (χ1) is 10.2. The summed E-state index contributed by atoms with van der Waals surface area (Å²) in [5.41, 5.74) is 0. The molecule has 0 aromatic carbocycles. The Morgan fingerprint density at radius 2 is 1.86 bits per heavy atom. The van der Waals surface area contributed by atoms with E-state index in [1.807, 2.05) is 0 Å². The predicted octanol–water partition coefficient (Wildman–Crippen LogP) is 2.69. The molecule has 0 bridgehead atoms. The Kier molecular flexibility index (Phi) is 4.58. The van der Waals surface area contributed by atoms with Gasteiger partial charge in [-0.3, -0.25) is 0 Å². The molecule has 120 valence electrons. The van der Waals surface area contributed by atoms with Crippen LogP contribution in [0, 0.1) is 0 Å². The van der Waals surface area contributed by atoms with Crippen molar-refractivity contribution in [3.63, 3.8) is 0 Å². The van der Waals surface area contributed by atoms with Crippen LogP contribution in [0.5, 0.6) is 0 Å². The fraction of sp³-hybridized carbons (Fsp3) is 0.400. The molecular formula is C10H7F6N5S. The average Bonchev–Trinajstić information content (AvgIpc) is 2.98. The molecule has 0 saturated heterocycles. The maximum Gasteiger partial charge on any atom is 0.425 e. The molecule has 1 atom stereocenters. The number of hydrogen-bond acceptors (Lipinski definition) is 5. The third-order valence-electron chi connectivity index (χ3n) is 2.35. The first kappa shape index (κ1) is 16.5. The van der Waals surface area contributed by atoms with Crippen molar-refractivity contribution in [3.05, 3.63) is 25.0 Å². The van der Waals surface area contributed by atoms with Crippen LogP contribution in [-0.2, 0) is 0 Å². The van der Waals surface area contributed by atoms with Gasteiger partial charge in [0, 0.05) is 6.07 Å². The second kappa shape index (κ2) is 6.10. The Morgan fingerprint density at radius 1 is 1.14 bits per heavy atom. The molecule has 22 heavy (non-hydrogen) atoms. The Bertz CT molecular complexity index is 617. The Hall–Kier alpha value is -1.85. The van der Waals surface area contributed by atoms with Gasteiger partial charge < -0.3 is 0 Å². The standard InChI is InChI=1S/C10H7F6N5S/c11-8(10(14,15)16)9(12,13)2-22-7-1-6(18-4-19-7)21-5-17-3-20-21/h1,3-5,8H,2H2. The van der Waals surface area contributed by atoms with E-state index in [1.165, 1.54) is 23.4 Å². The SMILES string of the molecule is FC(C(F)(F)F)C(F)(F)CSc1cc(-n2cncn2)ncn1. The topological polar surface area (TPSA) is 56.5 Å². The van der Waals surface area contributed by atoms with Gasteiger partial charge in [0.05, 0.1) is 5.75 Å². The zero-order chi connectivity index (χ0) is 16.4. The minimum Gasteiger partial charge on any atom is -0.231 e. The molecule has 0 radical (unpaired) electrons. The highest BCUT2D eigenvalue weighted by Gasteiger charge is 2.56. The molecule has 2 aromatic heterocycles. The van der Waals surface area contributed by atoms with Crippen molar-refractivity contribution in [1.82, 2.24) is 24.7 Å². The highest BCUT2D eigenvalue weighted by Crippen LogP contribution is 2.38. The Morgan fingerprint density at radius 3 is 2.45 bits per heavy atom. The zero-order valence-corrected chi connectivity index (χ0v) is 11.3. The minimum absolute atomic E-state index is 0.0467. The van der Waals surface area contributed by atoms with Crippen LogP contribution >= 0.6 is 11.8 Å². The second-order valence-electron chi connectivity index (χ2n) is 4.01. The molecule has 2 rings (SSSR count). The molecule has 0 amide bonds. The van der Waals surface area contributed by atoms with Gasteiger partial charge in [-0.05, 0) is 0 Å². The Labute approximate surface area is 123 Å². The summed E-state index contributed by atoms with van der Waals surface area (Å²) in [5, 5.41) is 3.70. The second-order valence-corrected chi connectivity index (χ2v) is 5.00. The minimum atomic E-state index is -5.62. The molecule has 0 aliphatic carbocycles. The number of rotatable bonds is 5. The molecule has 2 aromatic rings. The highest BCUT2D eigenvalue weighted by molar-refractivity contribution is 7.99. The third-order valence-corrected chi connectivity index (χ3v) is 3.40. The van der Waals surface area contributed by atoms with Gasteiger partial charge in [-0.25, -0.2) is 32.8 Å². The summed E-state index contributed by atoms with van der Waals surface area (Å²) in [6.07, 6.45) is -6.34. The largest absolute Gasteiger partial charge is 0.425 e. The number of aromatic nitrogens is 5. The molecule has 0 spiro atoms. The van der Waals surface area contributed by atoms with Crippen LogP contribution in [0.4, 0.5) is 26.3 Å². The van der Waals surface area contributed by atoms with Gasteiger partial charge in [-0.1, -0.05) is 11.8 Å². The van der Waals surface area contributed by atoms with Crippen molar-refractivity contribution >= 4 is 11.8 Å². The summed E-state index contributed by atoms with van der Waals surface area (Å²) in [7, 11) is 0. The van der Waals surface area contributed by atoms with Gasteiger partial charge in [-0.15, -0.1) is 0 Å². The van der Waals surface area contributed by atoms with Crippen LogP contribution in [0.1, 0.15) is 0 Å². The molecule has 12 heteroatoms. The summed E-state index contributed by atoms with van der Waals surface area (Å²) < 4.78 is 76.4. The van der Waals surface area contributed by atoms with Crippen LogP contribution in [0.3, 0.4) is 0 Å². The van der Waals surface area contributed by atoms with E-state index in [-0.39, 0.29) is 22.6 Å². The lowest BCUT2D eigenvalue weighted by atomic mass is 10.2. The van der Waals surface area contributed by atoms with E-state index >= 15 is 0 Å². The van der Waals surface area contributed by atoms with E-state index < -0.39 is 24.0 Å². The van der Waals surface area contributed by atoms with E-state index in [2.05, 4.69) is 20.1 Å². The summed E-state index contributed by atoms with van der Waals surface area (Å²) >= 11 is 0.281. The van der Waals surface area contributed by atoms with Crippen LogP contribution in [-0.4, -0.2) is 48.8 Å². The molecule has 1 unspecified atom stereocenters. The van der Waals surface area contributed by atoms with Crippen molar-refractivity contribution in [3.8, 4) is 5.82 Å². The van der Waals surface area contributed by atoms with Gasteiger partial charge in [0.15, 0.2) is 5.82 Å². The van der Waals surface area contributed by atoms with Gasteiger partial charge in [-0.2, -0.15) is 18.3 Å². The smallest absolute Gasteiger partial charge is 0.231 e. The number of alkyl halides is 6. The fourth-order valence-corrected chi connectivity index (χ4v) is 2.14. The summed E-state index contributed by atoms with van der Waals surface area (Å²) in [6.45, 7) is 0. The van der Waals surface area contributed by atoms with Crippen molar-refractivity contribution in [2.75, 3.05) is 5.75 Å². The van der Waals surface area contributed by atoms with E-state index in [4.69, 9.17) is 0 Å². The molecule has 0 saturated carbocycles. The van der Waals surface area contributed by atoms with Crippen LogP contribution in [0.2, 0.25) is 0 Å². The average molecular weight is 343 g/mol. The Balaban J connectivity index is 2.07. The molecular weight excluding hydrogens is 336 g/mol. The summed E-state index contributed by atoms with van der Waals surface area (Å²) in [4.78, 5) is 11.1. The van der Waals surface area contributed by atoms with Crippen molar-refractivity contribution in [2.24, 2.45) is 0 Å². The van der Waals surface area contributed by atoms with Gasteiger partial charge in [0.1, 0.15) is 24.0 Å². The van der Waals surface area contributed by atoms with Crippen LogP contribution in [0.25, 0.3) is 5.82 Å². The summed E-state index contributed by atoms with van der Waals surface area (Å²) in [5.74, 6) is -5.80. The van der Waals surface area contributed by atoms with Crippen molar-refractivity contribution in [1.29, 1.82) is 0 Å². The predicted molar refractivity (Wildman–Crippen MR) is 63.6 cm³/mol. The quantitative estimate of drug-likeness (QED) is 0.475. The number of halogens is 6. The lowest BCUT2D eigenvalue weighted by molar-refractivity contribution is -0.237. The van der Waals surface area contributed by atoms with E-state index in [0.29, 0.717) is 0 Å². The number of hydrogen-bond donors (Lipinski definition) is 0. The molecule has 5 nitrogen and oxygen atoms in total. The maximum absolute atomic E-state index is 13.2. The third kappa shape index (κ3) is 3.87. The maximum atomic E-state index is 13.2. The first-order valence-electron chi connectivity index (χ1n) is 5.58. The van der Waals surface area contributed by atoms with Gasteiger partial charge in [0.2, 0.25) is 0 Å². The number of nitrogens with zero attached hydrogens (tertiary/aromatic N) is 5. The van der Waals surface area contributed by atoms with Crippen molar-refractivity contribution < 1.29 is 26.3 Å². The lowest BCUT2D eigenvalue weighted by Gasteiger charge is -2.22. The molecule has 2 heterocycles. The van der Waals surface area contributed by atoms with E-state index in [1.54, 1.807) is 0 Å². The first-order valence-corrected chi connectivity index (χ1v) is 6.57. The molecule has 0 aliphatic rings. The van der Waals surface area contributed by atoms with Crippen molar-refractivity contribution in [2.45, 2.75) is 23.3 Å². The van der Waals surface area contributed by atoms with Crippen LogP contribution < -0.4 is 0 Å². The molecule has 0 aliphatic heterocycles. The number of thioether (sulfide) groups is 1.